The average molecular weight is 235 g/mol. The first-order chi connectivity index (χ1) is 7.38. The molecule has 0 spiro atoms. The van der Waals surface area contributed by atoms with E-state index in [1.54, 1.807) is 0 Å². The molecule has 1 heterocycles. The van der Waals surface area contributed by atoms with Gasteiger partial charge in [-0.15, -0.1) is 0 Å². The summed E-state index contributed by atoms with van der Waals surface area (Å²) in [7, 11) is 0. The molecule has 1 atom stereocenters. The molecule has 1 fully saturated rings. The number of carboxylic acid groups (broad SMARTS) is 1. The molecule has 0 saturated carbocycles. The molecule has 0 aromatic rings. The lowest BCUT2D eigenvalue weighted by Gasteiger charge is -2.14. The van der Waals surface area contributed by atoms with E-state index in [0.29, 0.717) is 4.90 Å². The normalized spacial score (nSPS) is 22.9. The molecule has 7 heteroatoms. The fourth-order valence-electron chi connectivity index (χ4n) is 1.40. The van der Waals surface area contributed by atoms with Gasteiger partial charge in [0.1, 0.15) is 12.5 Å². The number of carbonyl (C=O) groups is 2. The van der Waals surface area contributed by atoms with E-state index in [0.717, 1.165) is 0 Å². The van der Waals surface area contributed by atoms with Crippen LogP contribution < -0.4 is 0 Å². The maximum Gasteiger partial charge on any atom is 0.410 e. The molecule has 0 bridgehead atoms. The number of rotatable bonds is 3. The van der Waals surface area contributed by atoms with Crippen molar-refractivity contribution in [3.63, 3.8) is 0 Å². The molecular formula is C9H11F2NO4. The van der Waals surface area contributed by atoms with Gasteiger partial charge in [0.15, 0.2) is 0 Å². The highest BCUT2D eigenvalue weighted by atomic mass is 19.3. The van der Waals surface area contributed by atoms with E-state index in [1.807, 2.05) is 0 Å². The number of carboxylic acids is 1. The lowest BCUT2D eigenvalue weighted by atomic mass is 10.1. The summed E-state index contributed by atoms with van der Waals surface area (Å²) in [6, 6.07) is 0. The van der Waals surface area contributed by atoms with Gasteiger partial charge in [0.05, 0.1) is 6.54 Å². The van der Waals surface area contributed by atoms with E-state index in [4.69, 9.17) is 5.11 Å². The standard InChI is InChI=1S/C9H11F2NO4/c1-2-3-16-8(15)12-4-6(7(13)14)9(10,11)5-12/h2,6H,1,3-5H2,(H,13,14). The number of alkyl halides is 2. The Bertz CT molecular complexity index is 319. The lowest BCUT2D eigenvalue weighted by Crippen LogP contribution is -2.33. The Morgan fingerprint density at radius 3 is 2.69 bits per heavy atom. The van der Waals surface area contributed by atoms with Gasteiger partial charge in [0, 0.05) is 6.54 Å². The number of ether oxygens (including phenoxy) is 1. The molecule has 5 nitrogen and oxygen atoms in total. The van der Waals surface area contributed by atoms with E-state index < -0.39 is 37.0 Å². The smallest absolute Gasteiger partial charge is 0.410 e. The number of aliphatic carboxylic acids is 1. The van der Waals surface area contributed by atoms with Gasteiger partial charge in [-0.05, 0) is 0 Å². The van der Waals surface area contributed by atoms with Crippen molar-refractivity contribution in [3.8, 4) is 0 Å². The summed E-state index contributed by atoms with van der Waals surface area (Å²) in [5.41, 5.74) is 0. The summed E-state index contributed by atoms with van der Waals surface area (Å²) in [5, 5.41) is 8.55. The molecule has 90 valence electrons. The van der Waals surface area contributed by atoms with E-state index in [2.05, 4.69) is 11.3 Å². The van der Waals surface area contributed by atoms with Crippen LogP contribution in [0.3, 0.4) is 0 Å². The fourth-order valence-corrected chi connectivity index (χ4v) is 1.40. The lowest BCUT2D eigenvalue weighted by molar-refractivity contribution is -0.151. The van der Waals surface area contributed by atoms with Crippen LogP contribution in [0.15, 0.2) is 12.7 Å². The molecule has 1 aliphatic rings. The number of likely N-dealkylation sites (tertiary alicyclic amines) is 1. The van der Waals surface area contributed by atoms with Crippen LogP contribution >= 0.6 is 0 Å². The zero-order chi connectivity index (χ0) is 12.3. The fraction of sp³-hybridized carbons (Fsp3) is 0.556. The van der Waals surface area contributed by atoms with Crippen LogP contribution in [0.5, 0.6) is 0 Å². The average Bonchev–Trinajstić information content (AvgIpc) is 2.50. The van der Waals surface area contributed by atoms with Crippen LogP contribution in [-0.4, -0.2) is 47.7 Å². The Morgan fingerprint density at radius 1 is 1.62 bits per heavy atom. The Morgan fingerprint density at radius 2 is 2.25 bits per heavy atom. The van der Waals surface area contributed by atoms with Crippen molar-refractivity contribution in [2.24, 2.45) is 5.92 Å². The maximum absolute atomic E-state index is 13.1. The molecule has 16 heavy (non-hydrogen) atoms. The summed E-state index contributed by atoms with van der Waals surface area (Å²) >= 11 is 0. The molecule has 1 saturated heterocycles. The summed E-state index contributed by atoms with van der Waals surface area (Å²) in [5.74, 6) is -6.91. The van der Waals surface area contributed by atoms with Crippen molar-refractivity contribution in [1.29, 1.82) is 0 Å². The minimum absolute atomic E-state index is 0.0986. The van der Waals surface area contributed by atoms with Gasteiger partial charge in [0.25, 0.3) is 5.92 Å². The van der Waals surface area contributed by atoms with Gasteiger partial charge in [-0.1, -0.05) is 12.7 Å². The summed E-state index contributed by atoms with van der Waals surface area (Å²) in [6.07, 6.45) is 0.337. The van der Waals surface area contributed by atoms with E-state index in [1.165, 1.54) is 6.08 Å². The first-order valence-electron chi connectivity index (χ1n) is 4.51. The zero-order valence-electron chi connectivity index (χ0n) is 8.36. The zero-order valence-corrected chi connectivity index (χ0v) is 8.36. The second-order valence-electron chi connectivity index (χ2n) is 3.40. The molecule has 1 rings (SSSR count). The minimum atomic E-state index is -3.42. The van der Waals surface area contributed by atoms with Gasteiger partial charge >= 0.3 is 12.1 Å². The summed E-state index contributed by atoms with van der Waals surface area (Å²) in [4.78, 5) is 22.4. The highest BCUT2D eigenvalue weighted by Crippen LogP contribution is 2.33. The largest absolute Gasteiger partial charge is 0.481 e. The number of hydrogen-bond acceptors (Lipinski definition) is 3. The molecule has 1 N–H and O–H groups in total. The first kappa shape index (κ1) is 12.4. The van der Waals surface area contributed by atoms with Crippen LogP contribution in [0.1, 0.15) is 0 Å². The molecule has 0 aromatic carbocycles. The second kappa shape index (κ2) is 4.46. The SMILES string of the molecule is C=CCOC(=O)N1CC(C(=O)O)C(F)(F)C1. The van der Waals surface area contributed by atoms with Crippen LogP contribution in [0, 0.1) is 5.92 Å². The molecule has 0 aromatic heterocycles. The van der Waals surface area contributed by atoms with Crippen molar-refractivity contribution in [2.45, 2.75) is 5.92 Å². The molecule has 0 radical (unpaired) electrons. The predicted molar refractivity (Wildman–Crippen MR) is 49.2 cm³/mol. The first-order valence-corrected chi connectivity index (χ1v) is 4.51. The van der Waals surface area contributed by atoms with Crippen LogP contribution in [-0.2, 0) is 9.53 Å². The van der Waals surface area contributed by atoms with Crippen LogP contribution in [0.4, 0.5) is 13.6 Å². The van der Waals surface area contributed by atoms with Crippen molar-refractivity contribution in [3.05, 3.63) is 12.7 Å². The van der Waals surface area contributed by atoms with Gasteiger partial charge in [-0.2, -0.15) is 0 Å². The summed E-state index contributed by atoms with van der Waals surface area (Å²) in [6.45, 7) is 1.72. The highest BCUT2D eigenvalue weighted by Gasteiger charge is 2.53. The molecule has 1 unspecified atom stereocenters. The Hall–Kier alpha value is -1.66. The molecule has 1 amide bonds. The monoisotopic (exact) mass is 235 g/mol. The van der Waals surface area contributed by atoms with Gasteiger partial charge < -0.3 is 14.7 Å². The van der Waals surface area contributed by atoms with E-state index in [9.17, 15) is 18.4 Å². The Labute approximate surface area is 90.3 Å². The Kier molecular flexibility index (Phi) is 3.46. The van der Waals surface area contributed by atoms with Crippen LogP contribution in [0.2, 0.25) is 0 Å². The third-order valence-electron chi connectivity index (χ3n) is 2.20. The predicted octanol–water partition coefficient (Wildman–Crippen LogP) is 0.961. The Balaban J connectivity index is 2.64. The van der Waals surface area contributed by atoms with E-state index in [-0.39, 0.29) is 6.61 Å². The number of carbonyl (C=O) groups excluding carboxylic acids is 1. The van der Waals surface area contributed by atoms with Crippen molar-refractivity contribution in [1.82, 2.24) is 4.90 Å². The van der Waals surface area contributed by atoms with Crippen molar-refractivity contribution >= 4 is 12.1 Å². The van der Waals surface area contributed by atoms with Crippen molar-refractivity contribution < 1.29 is 28.2 Å². The number of hydrogen-bond donors (Lipinski definition) is 1. The van der Waals surface area contributed by atoms with Gasteiger partial charge in [-0.3, -0.25) is 4.79 Å². The number of halogens is 2. The van der Waals surface area contributed by atoms with E-state index >= 15 is 0 Å². The minimum Gasteiger partial charge on any atom is -0.481 e. The summed E-state index contributed by atoms with van der Waals surface area (Å²) < 4.78 is 30.8. The highest BCUT2D eigenvalue weighted by molar-refractivity contribution is 5.75. The topological polar surface area (TPSA) is 66.8 Å². The quantitative estimate of drug-likeness (QED) is 0.740. The third-order valence-corrected chi connectivity index (χ3v) is 2.20. The van der Waals surface area contributed by atoms with Crippen LogP contribution in [0.25, 0.3) is 0 Å². The van der Waals surface area contributed by atoms with Gasteiger partial charge in [-0.25, -0.2) is 13.6 Å². The van der Waals surface area contributed by atoms with Gasteiger partial charge in [0.2, 0.25) is 0 Å². The molecule has 1 aliphatic heterocycles. The number of nitrogens with zero attached hydrogens (tertiary/aromatic N) is 1. The second-order valence-corrected chi connectivity index (χ2v) is 3.40. The molecule has 0 aliphatic carbocycles. The maximum atomic E-state index is 13.1. The molecular weight excluding hydrogens is 224 g/mol. The third kappa shape index (κ3) is 2.47. The van der Waals surface area contributed by atoms with Crippen molar-refractivity contribution in [2.75, 3.05) is 19.7 Å². The number of amides is 1.